The van der Waals surface area contributed by atoms with Gasteiger partial charge in [0.15, 0.2) is 21.9 Å². The average Bonchev–Trinajstić information content (AvgIpc) is 4.09. The molecule has 0 fully saturated rings. The number of rotatable bonds is 23. The van der Waals surface area contributed by atoms with Crippen LogP contribution in [0.5, 0.6) is 0 Å². The molecule has 0 spiro atoms. The van der Waals surface area contributed by atoms with Gasteiger partial charge in [-0.2, -0.15) is 0 Å². The van der Waals surface area contributed by atoms with Crippen molar-refractivity contribution in [2.75, 3.05) is 57.2 Å². The van der Waals surface area contributed by atoms with Crippen molar-refractivity contribution in [3.8, 4) is 0 Å². The number of nitrogens with two attached hydrogens (primary N) is 3. The van der Waals surface area contributed by atoms with Crippen LogP contribution in [0, 0.1) is 0 Å². The van der Waals surface area contributed by atoms with E-state index < -0.39 is 29.9 Å². The Morgan fingerprint density at radius 2 is 1.09 bits per heavy atom. The fourth-order valence-corrected chi connectivity index (χ4v) is 7.38. The molecule has 27 heteroatoms. The van der Waals surface area contributed by atoms with Gasteiger partial charge in [0.2, 0.25) is 23.4 Å². The van der Waals surface area contributed by atoms with E-state index >= 15 is 0 Å². The third kappa shape index (κ3) is 18.5. The highest BCUT2D eigenvalue weighted by atomic mass is 32.1. The standard InChI is InChI=1S/C18H25N7O3S.C17H23N7O3S.C8H10N2O3/c1-20-13-6-4-9-25(17(13)28)11-14(26)24-12(5-3-7-23-18(19)21-2)15(27)16-22-8-10-29-16;1-20-12-5-3-8-24(16(12)27)10-13(25)23-11(4-2-6-22-17(18)19)14(26)15-21-7-9-28-15;1-9-6-3-2-4-10(8(6)13)5-7(11)12/h4,6,8-10,12,20H,3,5,7,11H2,1-2H3,(H,24,26)(H3,19,21,23);3,5,7-9,11,20H,2,4,6,10H2,1H3,(H,23,25)(H4,18,19,22);2-4,9H,5H2,1H3,(H,11,12)/t12-;11-;/m00./s1. The summed E-state index contributed by atoms with van der Waals surface area (Å²) >= 11 is 2.41. The number of carboxylic acids is 1. The molecule has 0 unspecified atom stereocenters. The topological polar surface area (TPSA) is 372 Å². The number of thiazole rings is 2. The van der Waals surface area contributed by atoms with E-state index in [0.29, 0.717) is 71.8 Å². The first-order valence-electron chi connectivity index (χ1n) is 21.3. The Labute approximate surface area is 409 Å². The van der Waals surface area contributed by atoms with Crippen molar-refractivity contribution in [1.82, 2.24) is 39.6 Å². The molecule has 70 heavy (non-hydrogen) atoms. The molecule has 5 rings (SSSR count). The van der Waals surface area contributed by atoms with Crippen molar-refractivity contribution in [3.05, 3.63) is 119 Å². The number of Topliss-reactive ketones (excluding diaryl/α,β-unsaturated/α-hetero) is 2. The van der Waals surface area contributed by atoms with Gasteiger partial charge >= 0.3 is 5.97 Å². The van der Waals surface area contributed by atoms with Gasteiger partial charge < -0.3 is 67.9 Å². The highest BCUT2D eigenvalue weighted by Gasteiger charge is 2.25. The number of carbonyl (C=O) groups is 5. The number of pyridine rings is 3. The number of ketones is 2. The second kappa shape index (κ2) is 29.5. The van der Waals surface area contributed by atoms with E-state index in [1.807, 2.05) is 0 Å². The van der Waals surface area contributed by atoms with E-state index in [1.54, 1.807) is 81.5 Å². The third-order valence-electron chi connectivity index (χ3n) is 9.55. The summed E-state index contributed by atoms with van der Waals surface area (Å²) in [4.78, 5) is 112. The first-order valence-corrected chi connectivity index (χ1v) is 23.1. The summed E-state index contributed by atoms with van der Waals surface area (Å²) in [5, 5.41) is 29.1. The molecule has 13 N–H and O–H groups in total. The molecular formula is C43H58N16O9S2. The quantitative estimate of drug-likeness (QED) is 0.0175. The Morgan fingerprint density at radius 1 is 0.671 bits per heavy atom. The summed E-state index contributed by atoms with van der Waals surface area (Å²) in [5.74, 6) is -2.19. The van der Waals surface area contributed by atoms with E-state index in [9.17, 15) is 38.4 Å². The van der Waals surface area contributed by atoms with Gasteiger partial charge in [0.05, 0.1) is 12.1 Å². The summed E-state index contributed by atoms with van der Waals surface area (Å²) in [6.07, 6.45) is 9.35. The summed E-state index contributed by atoms with van der Waals surface area (Å²) in [6, 6.07) is 8.27. The van der Waals surface area contributed by atoms with E-state index in [-0.39, 0.29) is 53.8 Å². The van der Waals surface area contributed by atoms with E-state index in [2.05, 4.69) is 51.9 Å². The molecule has 0 aliphatic heterocycles. The number of aromatic nitrogens is 5. The molecule has 5 aromatic rings. The predicted octanol–water partition coefficient (Wildman–Crippen LogP) is -0.229. The fourth-order valence-electron chi connectivity index (χ4n) is 6.12. The fraction of sp³-hybridized carbons (Fsp3) is 0.349. The Kier molecular flexibility index (Phi) is 23.7. The van der Waals surface area contributed by atoms with Gasteiger partial charge in [0.25, 0.3) is 16.7 Å². The number of aliphatic carboxylic acids is 1. The first-order chi connectivity index (χ1) is 33.5. The summed E-state index contributed by atoms with van der Waals surface area (Å²) in [5.41, 5.74) is 16.4. The Hall–Kier alpha value is -8.20. The molecule has 0 saturated carbocycles. The second-order valence-electron chi connectivity index (χ2n) is 14.5. The first kappa shape index (κ1) is 56.1. The number of hydrogen-bond donors (Lipinski definition) is 10. The van der Waals surface area contributed by atoms with Crippen LogP contribution in [0.2, 0.25) is 0 Å². The van der Waals surface area contributed by atoms with Crippen LogP contribution in [0.1, 0.15) is 45.3 Å². The maximum atomic E-state index is 12.7. The molecule has 0 saturated heterocycles. The largest absolute Gasteiger partial charge is 0.480 e. The minimum Gasteiger partial charge on any atom is -0.480 e. The minimum absolute atomic E-state index is 0.0318. The van der Waals surface area contributed by atoms with E-state index in [1.165, 1.54) is 56.6 Å². The van der Waals surface area contributed by atoms with Crippen LogP contribution in [-0.4, -0.2) is 123 Å². The highest BCUT2D eigenvalue weighted by Crippen LogP contribution is 2.13. The molecule has 0 aromatic carbocycles. The number of carboxylic acid groups (broad SMARTS) is 1. The SMILES string of the molecule is CN=C(N)NCCC[C@H](NC(=O)Cn1cccc(NC)c1=O)C(=O)c1nccs1.CNc1cccn(CC(=O)N[C@@H](CCCN=C(N)N)C(=O)c2nccs2)c1=O.CNc1cccn(CC(=O)O)c1=O. The molecule has 0 bridgehead atoms. The number of amides is 2. The Morgan fingerprint density at radius 3 is 1.44 bits per heavy atom. The van der Waals surface area contributed by atoms with Crippen LogP contribution in [0.4, 0.5) is 17.1 Å². The molecule has 0 aliphatic carbocycles. The molecule has 2 amide bonds. The van der Waals surface area contributed by atoms with E-state index in [4.69, 9.17) is 22.3 Å². The van der Waals surface area contributed by atoms with Gasteiger partial charge in [-0.3, -0.25) is 48.3 Å². The normalized spacial score (nSPS) is 11.5. The average molecular weight is 1010 g/mol. The van der Waals surface area contributed by atoms with Gasteiger partial charge in [0.1, 0.15) is 36.7 Å². The van der Waals surface area contributed by atoms with Crippen molar-refractivity contribution >= 4 is 81.0 Å². The lowest BCUT2D eigenvalue weighted by molar-refractivity contribution is -0.137. The van der Waals surface area contributed by atoms with Gasteiger partial charge in [0, 0.05) is 83.0 Å². The van der Waals surface area contributed by atoms with Crippen molar-refractivity contribution in [2.24, 2.45) is 27.2 Å². The van der Waals surface area contributed by atoms with Gasteiger partial charge in [-0.05, 0) is 62.1 Å². The maximum Gasteiger partial charge on any atom is 0.323 e. The zero-order valence-corrected chi connectivity index (χ0v) is 40.5. The van der Waals surface area contributed by atoms with Crippen molar-refractivity contribution < 1.29 is 29.1 Å². The van der Waals surface area contributed by atoms with Crippen molar-refractivity contribution in [2.45, 2.75) is 57.4 Å². The molecule has 25 nitrogen and oxygen atoms in total. The molecule has 2 atom stereocenters. The number of nitrogens with zero attached hydrogens (tertiary/aromatic N) is 7. The summed E-state index contributed by atoms with van der Waals surface area (Å²) in [6.45, 7) is 0.135. The monoisotopic (exact) mass is 1010 g/mol. The number of nitrogens with one attached hydrogen (secondary N) is 6. The van der Waals surface area contributed by atoms with Gasteiger partial charge in [-0.25, -0.2) is 9.97 Å². The Balaban J connectivity index is 0.000000297. The smallest absolute Gasteiger partial charge is 0.323 e. The van der Waals surface area contributed by atoms with Crippen LogP contribution in [0.25, 0.3) is 0 Å². The zero-order chi connectivity index (χ0) is 51.6. The van der Waals surface area contributed by atoms with Crippen LogP contribution >= 0.6 is 22.7 Å². The van der Waals surface area contributed by atoms with Crippen LogP contribution in [0.15, 0.2) is 103 Å². The van der Waals surface area contributed by atoms with Crippen molar-refractivity contribution in [1.29, 1.82) is 0 Å². The van der Waals surface area contributed by atoms with Crippen LogP contribution in [-0.2, 0) is 34.0 Å². The number of anilines is 3. The van der Waals surface area contributed by atoms with E-state index in [0.717, 1.165) is 4.57 Å². The lowest BCUT2D eigenvalue weighted by Gasteiger charge is -2.17. The number of guanidine groups is 2. The molecule has 5 heterocycles. The molecule has 0 aliphatic rings. The predicted molar refractivity (Wildman–Crippen MR) is 270 cm³/mol. The van der Waals surface area contributed by atoms with Gasteiger partial charge in [-0.15, -0.1) is 22.7 Å². The van der Waals surface area contributed by atoms with Crippen LogP contribution in [0.3, 0.4) is 0 Å². The Bertz CT molecular complexity index is 2730. The lowest BCUT2D eigenvalue weighted by Crippen LogP contribution is -2.44. The molecular weight excluding hydrogens is 949 g/mol. The minimum atomic E-state index is -1.03. The maximum absolute atomic E-state index is 12.7. The van der Waals surface area contributed by atoms with Crippen LogP contribution < -0.4 is 65.8 Å². The lowest BCUT2D eigenvalue weighted by atomic mass is 10.1. The number of hydrogen-bond acceptors (Lipinski definition) is 17. The molecule has 5 aromatic heterocycles. The zero-order valence-electron chi connectivity index (χ0n) is 38.9. The van der Waals surface area contributed by atoms with Crippen molar-refractivity contribution in [3.63, 3.8) is 0 Å². The molecule has 0 radical (unpaired) electrons. The number of aliphatic imine (C=N–C) groups is 2. The molecule has 376 valence electrons. The number of carbonyl (C=O) groups excluding carboxylic acids is 4. The second-order valence-corrected chi connectivity index (χ2v) is 16.3. The van der Waals surface area contributed by atoms with Gasteiger partial charge in [-0.1, -0.05) is 0 Å². The third-order valence-corrected chi connectivity index (χ3v) is 11.1. The summed E-state index contributed by atoms with van der Waals surface area (Å²) < 4.78 is 3.69. The summed E-state index contributed by atoms with van der Waals surface area (Å²) in [7, 11) is 6.44. The highest BCUT2D eigenvalue weighted by molar-refractivity contribution is 7.12.